The highest BCUT2D eigenvalue weighted by atomic mass is 16.5. The third-order valence-electron chi connectivity index (χ3n) is 3.30. The Labute approximate surface area is 127 Å². The van der Waals surface area contributed by atoms with E-state index < -0.39 is 0 Å². The van der Waals surface area contributed by atoms with Gasteiger partial charge >= 0.3 is 0 Å². The van der Waals surface area contributed by atoms with E-state index in [9.17, 15) is 0 Å². The van der Waals surface area contributed by atoms with Crippen molar-refractivity contribution >= 4 is 16.9 Å². The van der Waals surface area contributed by atoms with Gasteiger partial charge in [-0.25, -0.2) is 9.97 Å². The summed E-state index contributed by atoms with van der Waals surface area (Å²) in [7, 11) is 1.65. The number of nitrogens with one attached hydrogen (secondary N) is 1. The van der Waals surface area contributed by atoms with E-state index in [-0.39, 0.29) is 0 Å². The number of rotatable bonds is 6. The molecule has 0 saturated heterocycles. The molecule has 1 aromatic carbocycles. The SMILES string of the molecule is COCCOCc1cccc(-c2[nH]nc3ncnc(N)c23)c1. The highest BCUT2D eigenvalue weighted by molar-refractivity contribution is 5.97. The van der Waals surface area contributed by atoms with E-state index in [1.807, 2.05) is 24.3 Å². The summed E-state index contributed by atoms with van der Waals surface area (Å²) >= 11 is 0. The molecule has 2 aromatic heterocycles. The Hall–Kier alpha value is -2.51. The van der Waals surface area contributed by atoms with Crippen LogP contribution in [0.1, 0.15) is 5.56 Å². The van der Waals surface area contributed by atoms with Crippen LogP contribution in [0, 0.1) is 0 Å². The summed E-state index contributed by atoms with van der Waals surface area (Å²) in [6.45, 7) is 1.67. The minimum absolute atomic E-state index is 0.412. The van der Waals surface area contributed by atoms with Crippen molar-refractivity contribution in [2.75, 3.05) is 26.1 Å². The monoisotopic (exact) mass is 299 g/mol. The molecule has 22 heavy (non-hydrogen) atoms. The third-order valence-corrected chi connectivity index (χ3v) is 3.30. The van der Waals surface area contributed by atoms with Crippen LogP contribution in [0.4, 0.5) is 5.82 Å². The highest BCUT2D eigenvalue weighted by Gasteiger charge is 2.12. The van der Waals surface area contributed by atoms with Crippen LogP contribution in [0.3, 0.4) is 0 Å². The predicted octanol–water partition coefficient (Wildman–Crippen LogP) is 1.77. The summed E-state index contributed by atoms with van der Waals surface area (Å²) in [5.41, 5.74) is 9.34. The molecule has 2 heterocycles. The quantitative estimate of drug-likeness (QED) is 0.673. The summed E-state index contributed by atoms with van der Waals surface area (Å²) in [4.78, 5) is 8.13. The standard InChI is InChI=1S/C15H17N5O2/c1-21-5-6-22-8-10-3-2-4-11(7-10)13-12-14(16)17-9-18-15(12)20-19-13/h2-4,7,9H,5-6,8H2,1H3,(H3,16,17,18,19,20). The molecule has 7 heteroatoms. The van der Waals surface area contributed by atoms with Crippen LogP contribution in [0.25, 0.3) is 22.3 Å². The average Bonchev–Trinajstić information content (AvgIpc) is 2.97. The second-order valence-corrected chi connectivity index (χ2v) is 4.80. The first-order chi connectivity index (χ1) is 10.8. The summed E-state index contributed by atoms with van der Waals surface area (Å²) < 4.78 is 10.5. The molecule has 3 aromatic rings. The highest BCUT2D eigenvalue weighted by Crippen LogP contribution is 2.28. The predicted molar refractivity (Wildman–Crippen MR) is 83.1 cm³/mol. The Bertz CT molecular complexity index is 771. The average molecular weight is 299 g/mol. The molecular formula is C15H17N5O2. The molecule has 3 rings (SSSR count). The Morgan fingerprint density at radius 2 is 2.14 bits per heavy atom. The summed E-state index contributed by atoms with van der Waals surface area (Å²) in [5, 5.41) is 7.89. The van der Waals surface area contributed by atoms with Gasteiger partial charge in [0, 0.05) is 12.7 Å². The maximum absolute atomic E-state index is 5.94. The molecule has 0 aliphatic rings. The lowest BCUT2D eigenvalue weighted by Crippen LogP contribution is -2.01. The zero-order chi connectivity index (χ0) is 15.4. The lowest BCUT2D eigenvalue weighted by molar-refractivity contribution is 0.0617. The number of hydrogen-bond acceptors (Lipinski definition) is 6. The van der Waals surface area contributed by atoms with Gasteiger partial charge in [-0.15, -0.1) is 0 Å². The molecule has 0 aliphatic heterocycles. The Kier molecular flexibility index (Phi) is 4.27. The van der Waals surface area contributed by atoms with Gasteiger partial charge in [0.15, 0.2) is 5.65 Å². The van der Waals surface area contributed by atoms with Crippen molar-refractivity contribution in [2.45, 2.75) is 6.61 Å². The number of aromatic nitrogens is 4. The molecule has 114 valence electrons. The fourth-order valence-corrected chi connectivity index (χ4v) is 2.24. The van der Waals surface area contributed by atoms with Crippen molar-refractivity contribution in [3.8, 4) is 11.3 Å². The van der Waals surface area contributed by atoms with Crippen LogP contribution in [-0.2, 0) is 16.1 Å². The first-order valence-electron chi connectivity index (χ1n) is 6.90. The Balaban J connectivity index is 1.88. The van der Waals surface area contributed by atoms with E-state index in [1.54, 1.807) is 7.11 Å². The number of aromatic amines is 1. The molecule has 0 bridgehead atoms. The van der Waals surface area contributed by atoms with Crippen molar-refractivity contribution in [3.05, 3.63) is 36.2 Å². The number of H-pyrrole nitrogens is 1. The molecule has 0 amide bonds. The number of anilines is 1. The maximum Gasteiger partial charge on any atom is 0.186 e. The third kappa shape index (κ3) is 2.90. The minimum atomic E-state index is 0.412. The molecular weight excluding hydrogens is 282 g/mol. The van der Waals surface area contributed by atoms with Gasteiger partial charge in [-0.3, -0.25) is 5.10 Å². The van der Waals surface area contributed by atoms with E-state index >= 15 is 0 Å². The van der Waals surface area contributed by atoms with Crippen molar-refractivity contribution in [1.29, 1.82) is 0 Å². The van der Waals surface area contributed by atoms with E-state index in [2.05, 4.69) is 20.2 Å². The fraction of sp³-hybridized carbons (Fsp3) is 0.267. The maximum atomic E-state index is 5.94. The van der Waals surface area contributed by atoms with Gasteiger partial charge in [0.05, 0.1) is 30.9 Å². The molecule has 0 unspecified atom stereocenters. The van der Waals surface area contributed by atoms with Crippen LogP contribution < -0.4 is 5.73 Å². The number of methoxy groups -OCH3 is 1. The van der Waals surface area contributed by atoms with Crippen molar-refractivity contribution in [1.82, 2.24) is 20.2 Å². The smallest absolute Gasteiger partial charge is 0.186 e. The van der Waals surface area contributed by atoms with Crippen LogP contribution >= 0.6 is 0 Å². The van der Waals surface area contributed by atoms with Gasteiger partial charge < -0.3 is 15.2 Å². The molecule has 0 spiro atoms. The van der Waals surface area contributed by atoms with Gasteiger partial charge in [0.2, 0.25) is 0 Å². The van der Waals surface area contributed by atoms with E-state index in [0.717, 1.165) is 22.2 Å². The lowest BCUT2D eigenvalue weighted by atomic mass is 10.1. The number of hydrogen-bond donors (Lipinski definition) is 2. The minimum Gasteiger partial charge on any atom is -0.383 e. The van der Waals surface area contributed by atoms with Crippen molar-refractivity contribution in [2.24, 2.45) is 0 Å². The number of nitrogen functional groups attached to an aromatic ring is 1. The van der Waals surface area contributed by atoms with Gasteiger partial charge in [0.25, 0.3) is 0 Å². The second-order valence-electron chi connectivity index (χ2n) is 4.80. The van der Waals surface area contributed by atoms with Crippen LogP contribution in [0.15, 0.2) is 30.6 Å². The van der Waals surface area contributed by atoms with Crippen molar-refractivity contribution < 1.29 is 9.47 Å². The first-order valence-corrected chi connectivity index (χ1v) is 6.90. The molecule has 3 N–H and O–H groups in total. The summed E-state index contributed by atoms with van der Waals surface area (Å²) in [6.07, 6.45) is 1.41. The molecule has 0 fully saturated rings. The van der Waals surface area contributed by atoms with Gasteiger partial charge in [-0.2, -0.15) is 5.10 Å². The lowest BCUT2D eigenvalue weighted by Gasteiger charge is -2.06. The van der Waals surface area contributed by atoms with Crippen molar-refractivity contribution in [3.63, 3.8) is 0 Å². The van der Waals surface area contributed by atoms with Crippen LogP contribution in [0.5, 0.6) is 0 Å². The number of fused-ring (bicyclic) bond motifs is 1. The number of ether oxygens (including phenoxy) is 2. The normalized spacial score (nSPS) is 11.1. The van der Waals surface area contributed by atoms with Crippen LogP contribution in [0.2, 0.25) is 0 Å². The van der Waals surface area contributed by atoms with Gasteiger partial charge in [0.1, 0.15) is 12.1 Å². The first kappa shape index (κ1) is 14.4. The van der Waals surface area contributed by atoms with Crippen LogP contribution in [-0.4, -0.2) is 40.5 Å². The number of nitrogens with zero attached hydrogens (tertiary/aromatic N) is 3. The molecule has 0 atom stereocenters. The summed E-state index contributed by atoms with van der Waals surface area (Å²) in [5.74, 6) is 0.412. The topological polar surface area (TPSA) is 98.9 Å². The molecule has 0 aliphatic carbocycles. The largest absolute Gasteiger partial charge is 0.383 e. The molecule has 0 radical (unpaired) electrons. The Morgan fingerprint density at radius 1 is 1.23 bits per heavy atom. The molecule has 7 nitrogen and oxygen atoms in total. The van der Waals surface area contributed by atoms with E-state index in [4.69, 9.17) is 15.2 Å². The Morgan fingerprint density at radius 3 is 3.00 bits per heavy atom. The second kappa shape index (κ2) is 6.50. The number of nitrogens with two attached hydrogens (primary N) is 1. The number of benzene rings is 1. The summed E-state index contributed by atoms with van der Waals surface area (Å²) in [6, 6.07) is 8.00. The zero-order valence-corrected chi connectivity index (χ0v) is 12.2. The zero-order valence-electron chi connectivity index (χ0n) is 12.2. The fourth-order valence-electron chi connectivity index (χ4n) is 2.24. The van der Waals surface area contributed by atoms with Gasteiger partial charge in [-0.1, -0.05) is 18.2 Å². The van der Waals surface area contributed by atoms with Gasteiger partial charge in [-0.05, 0) is 11.6 Å². The van der Waals surface area contributed by atoms with E-state index in [0.29, 0.717) is 31.3 Å². The molecule has 0 saturated carbocycles. The van der Waals surface area contributed by atoms with E-state index in [1.165, 1.54) is 6.33 Å².